The molecule has 0 aliphatic heterocycles. The van der Waals surface area contributed by atoms with E-state index in [2.05, 4.69) is 54.6 Å². The van der Waals surface area contributed by atoms with Gasteiger partial charge in [0.1, 0.15) is 4.60 Å². The van der Waals surface area contributed by atoms with Crippen LogP contribution in [0.2, 0.25) is 0 Å². The summed E-state index contributed by atoms with van der Waals surface area (Å²) in [5.74, 6) is -2.76. The minimum Gasteiger partial charge on any atom is -0.475 e. The number of aromatic amines is 1. The molecule has 0 amide bonds. The topological polar surface area (TPSA) is 95.8 Å². The third-order valence-electron chi connectivity index (χ3n) is 3.56. The molecule has 0 unspecified atom stereocenters. The maximum absolute atomic E-state index is 10.6. The van der Waals surface area contributed by atoms with Gasteiger partial charge in [0.25, 0.3) is 0 Å². The van der Waals surface area contributed by atoms with Crippen molar-refractivity contribution in [1.82, 2.24) is 25.1 Å². The van der Waals surface area contributed by atoms with Gasteiger partial charge in [0.2, 0.25) is 0 Å². The lowest BCUT2D eigenvalue weighted by Crippen LogP contribution is -2.21. The summed E-state index contributed by atoms with van der Waals surface area (Å²) in [5.41, 5.74) is 4.27. The highest BCUT2D eigenvalue weighted by Gasteiger charge is 2.38. The lowest BCUT2D eigenvalue weighted by atomic mass is 10.1. The maximum atomic E-state index is 10.6. The Bertz CT molecular complexity index is 890. The fourth-order valence-corrected chi connectivity index (χ4v) is 2.66. The molecule has 150 valence electrons. The van der Waals surface area contributed by atoms with E-state index in [4.69, 9.17) is 9.90 Å². The second kappa shape index (κ2) is 9.51. The van der Waals surface area contributed by atoms with Crippen molar-refractivity contribution in [3.63, 3.8) is 0 Å². The van der Waals surface area contributed by atoms with Gasteiger partial charge < -0.3 is 15.0 Å². The molecule has 2 aromatic heterocycles. The molecule has 7 nitrogen and oxygen atoms in total. The van der Waals surface area contributed by atoms with Crippen LogP contribution in [0.15, 0.2) is 47.3 Å². The number of aliphatic carboxylic acids is 1. The number of hydrogen-bond acceptors (Lipinski definition) is 4. The summed E-state index contributed by atoms with van der Waals surface area (Å²) in [6.45, 7) is 1.48. The van der Waals surface area contributed by atoms with Crippen molar-refractivity contribution < 1.29 is 23.1 Å². The average molecular weight is 460 g/mol. The number of hydrogen-bond donors (Lipinski definition) is 3. The summed E-state index contributed by atoms with van der Waals surface area (Å²) in [5, 5.41) is 17.9. The van der Waals surface area contributed by atoms with Gasteiger partial charge >= 0.3 is 12.1 Å². The molecule has 3 N–H and O–H groups in total. The van der Waals surface area contributed by atoms with Crippen LogP contribution in [0, 0.1) is 0 Å². The van der Waals surface area contributed by atoms with Crippen molar-refractivity contribution in [3.05, 3.63) is 58.7 Å². The predicted molar refractivity (Wildman–Crippen MR) is 99.2 cm³/mol. The zero-order valence-electron chi connectivity index (χ0n) is 14.7. The van der Waals surface area contributed by atoms with Crippen LogP contribution in [0.5, 0.6) is 0 Å². The van der Waals surface area contributed by atoms with Gasteiger partial charge in [-0.05, 0) is 22.0 Å². The number of imidazole rings is 1. The van der Waals surface area contributed by atoms with E-state index in [0.717, 1.165) is 40.3 Å². The third-order valence-corrected chi connectivity index (χ3v) is 4.22. The summed E-state index contributed by atoms with van der Waals surface area (Å²) in [7, 11) is 1.98. The Balaban J connectivity index is 0.000000345. The van der Waals surface area contributed by atoms with E-state index in [1.54, 1.807) is 6.33 Å². The zero-order chi connectivity index (χ0) is 20.7. The molecule has 0 saturated heterocycles. The highest BCUT2D eigenvalue weighted by molar-refractivity contribution is 9.10. The normalized spacial score (nSPS) is 11.0. The van der Waals surface area contributed by atoms with Crippen LogP contribution < -0.4 is 5.32 Å². The fraction of sp³-hybridized carbons (Fsp3) is 0.235. The van der Waals surface area contributed by atoms with Crippen LogP contribution in [-0.4, -0.2) is 37.0 Å². The van der Waals surface area contributed by atoms with Gasteiger partial charge in [-0.25, -0.2) is 9.78 Å². The lowest BCUT2D eigenvalue weighted by Gasteiger charge is -2.04. The summed E-state index contributed by atoms with van der Waals surface area (Å²) >= 11 is 3.45. The molecule has 2 heterocycles. The zero-order valence-corrected chi connectivity index (χ0v) is 16.3. The Hall–Kier alpha value is -2.66. The Kier molecular flexibility index (Phi) is 7.35. The molecule has 0 aliphatic rings. The number of H-pyrrole nitrogens is 1. The maximum Gasteiger partial charge on any atom is 0.490 e. The minimum atomic E-state index is -5.08. The lowest BCUT2D eigenvalue weighted by molar-refractivity contribution is -0.192. The second-order valence-corrected chi connectivity index (χ2v) is 6.40. The van der Waals surface area contributed by atoms with Gasteiger partial charge in [-0.15, -0.1) is 0 Å². The molecule has 28 heavy (non-hydrogen) atoms. The van der Waals surface area contributed by atoms with Crippen LogP contribution in [-0.2, 0) is 24.9 Å². The number of nitrogens with one attached hydrogen (secondary N) is 2. The number of carboxylic acids is 1. The van der Waals surface area contributed by atoms with Crippen LogP contribution in [0.25, 0.3) is 11.3 Å². The second-order valence-electron chi connectivity index (χ2n) is 5.64. The number of rotatable bonds is 5. The summed E-state index contributed by atoms with van der Waals surface area (Å²) < 4.78 is 34.6. The monoisotopic (exact) mass is 459 g/mol. The van der Waals surface area contributed by atoms with Gasteiger partial charge in [-0.2, -0.15) is 18.3 Å². The van der Waals surface area contributed by atoms with Crippen molar-refractivity contribution in [2.24, 2.45) is 7.05 Å². The van der Waals surface area contributed by atoms with Crippen molar-refractivity contribution in [2.75, 3.05) is 0 Å². The molecule has 1 aromatic carbocycles. The molecule has 0 aliphatic carbocycles. The number of aryl methyl sites for hydroxylation is 1. The fourth-order valence-electron chi connectivity index (χ4n) is 2.15. The summed E-state index contributed by atoms with van der Waals surface area (Å²) in [6, 6.07) is 12.2. The van der Waals surface area contributed by atoms with Crippen molar-refractivity contribution >= 4 is 21.9 Å². The quantitative estimate of drug-likeness (QED) is 0.542. The Morgan fingerprint density at radius 3 is 2.46 bits per heavy atom. The minimum absolute atomic E-state index is 0.734. The van der Waals surface area contributed by atoms with Crippen LogP contribution in [0.4, 0.5) is 13.2 Å². The number of aromatic nitrogens is 4. The van der Waals surface area contributed by atoms with E-state index >= 15 is 0 Å². The van der Waals surface area contributed by atoms with Gasteiger partial charge in [-0.1, -0.05) is 30.3 Å². The highest BCUT2D eigenvalue weighted by Crippen LogP contribution is 2.17. The van der Waals surface area contributed by atoms with Gasteiger partial charge in [0.05, 0.1) is 17.7 Å². The van der Waals surface area contributed by atoms with Gasteiger partial charge in [-0.3, -0.25) is 5.10 Å². The van der Waals surface area contributed by atoms with Crippen molar-refractivity contribution in [3.8, 4) is 11.3 Å². The molecule has 0 spiro atoms. The van der Waals surface area contributed by atoms with Crippen molar-refractivity contribution in [2.45, 2.75) is 19.3 Å². The molecule has 3 aromatic rings. The first-order chi connectivity index (χ1) is 13.2. The Morgan fingerprint density at radius 2 is 1.93 bits per heavy atom. The number of carbonyl (C=O) groups is 1. The number of halogens is 4. The van der Waals surface area contributed by atoms with Crippen LogP contribution in [0.1, 0.15) is 11.4 Å². The van der Waals surface area contributed by atoms with E-state index in [1.165, 1.54) is 0 Å². The molecule has 0 bridgehead atoms. The predicted octanol–water partition coefficient (Wildman–Crippen LogP) is 3.50. The van der Waals surface area contributed by atoms with E-state index < -0.39 is 12.1 Å². The van der Waals surface area contributed by atoms with E-state index in [1.807, 2.05) is 29.8 Å². The summed E-state index contributed by atoms with van der Waals surface area (Å²) in [4.78, 5) is 13.1. The van der Waals surface area contributed by atoms with E-state index in [0.29, 0.717) is 0 Å². The Labute approximate surface area is 166 Å². The highest BCUT2D eigenvalue weighted by atomic mass is 79.9. The molecule has 11 heteroatoms. The molecular weight excluding hydrogens is 443 g/mol. The van der Waals surface area contributed by atoms with Gasteiger partial charge in [0, 0.05) is 31.4 Å². The van der Waals surface area contributed by atoms with Crippen molar-refractivity contribution in [1.29, 1.82) is 0 Å². The Morgan fingerprint density at radius 1 is 1.29 bits per heavy atom. The first-order valence-corrected chi connectivity index (χ1v) is 8.74. The van der Waals surface area contributed by atoms with Crippen LogP contribution >= 0.6 is 15.9 Å². The van der Waals surface area contributed by atoms with Gasteiger partial charge in [0.15, 0.2) is 0 Å². The first kappa shape index (κ1) is 21.6. The van der Waals surface area contributed by atoms with E-state index in [-0.39, 0.29) is 0 Å². The standard InChI is InChI=1S/C15H16BrN5.C2HF3O2/c1-21-10-18-15(16)14(21)9-17-8-12-7-13(20-19-12)11-5-3-2-4-6-11;3-2(4,5)1(6)7/h2-7,10,17H,8-9H2,1H3,(H,19,20);(H,6,7). The molecule has 0 atom stereocenters. The molecule has 3 rings (SSSR count). The molecule has 0 saturated carbocycles. The smallest absolute Gasteiger partial charge is 0.475 e. The summed E-state index contributed by atoms with van der Waals surface area (Å²) in [6.07, 6.45) is -3.29. The molecule has 0 fully saturated rings. The first-order valence-electron chi connectivity index (χ1n) is 7.94. The number of nitrogens with zero attached hydrogens (tertiary/aromatic N) is 3. The third kappa shape index (κ3) is 6.20. The average Bonchev–Trinajstić information content (AvgIpc) is 3.24. The molecule has 0 radical (unpaired) electrons. The number of alkyl halides is 3. The number of carboxylic acid groups (broad SMARTS) is 1. The number of benzene rings is 1. The SMILES string of the molecule is Cn1cnc(Br)c1CNCc1cc(-c2ccccc2)n[nH]1.O=C(O)C(F)(F)F. The molecular formula is C17H17BrF3N5O2. The van der Waals surface area contributed by atoms with E-state index in [9.17, 15) is 13.2 Å². The largest absolute Gasteiger partial charge is 0.490 e. The van der Waals surface area contributed by atoms with Crippen LogP contribution in [0.3, 0.4) is 0 Å².